The van der Waals surface area contributed by atoms with E-state index >= 15 is 0 Å². The number of rotatable bonds is 11. The maximum atomic E-state index is 11.4. The molecule has 5 nitrogen and oxygen atoms in total. The van der Waals surface area contributed by atoms with Crippen LogP contribution in [0.5, 0.6) is 0 Å². The smallest absolute Gasteiger partial charge is 0.323 e. The summed E-state index contributed by atoms with van der Waals surface area (Å²) in [5, 5.41) is 12.5. The van der Waals surface area contributed by atoms with Crippen LogP contribution >= 0.6 is 0 Å². The molecule has 19 heavy (non-hydrogen) atoms. The van der Waals surface area contributed by atoms with Gasteiger partial charge in [0.1, 0.15) is 5.54 Å². The van der Waals surface area contributed by atoms with Crippen molar-refractivity contribution in [2.45, 2.75) is 51.6 Å². The monoisotopic (exact) mass is 274 g/mol. The third-order valence-corrected chi connectivity index (χ3v) is 3.18. The molecule has 0 spiro atoms. The van der Waals surface area contributed by atoms with Crippen molar-refractivity contribution in [2.75, 3.05) is 33.9 Å². The van der Waals surface area contributed by atoms with Gasteiger partial charge in [-0.3, -0.25) is 10.1 Å². The van der Waals surface area contributed by atoms with E-state index in [0.717, 1.165) is 32.5 Å². The second-order valence-corrected chi connectivity index (χ2v) is 5.69. The number of hydrogen-bond acceptors (Lipinski definition) is 4. The Morgan fingerprint density at radius 3 is 2.42 bits per heavy atom. The Bertz CT molecular complexity index is 259. The minimum atomic E-state index is -0.832. The van der Waals surface area contributed by atoms with Crippen LogP contribution in [0.15, 0.2) is 0 Å². The molecule has 0 aliphatic carbocycles. The minimum absolute atomic E-state index is 0.167. The topological polar surface area (TPSA) is 61.8 Å². The molecule has 0 aromatic rings. The zero-order valence-electron chi connectivity index (χ0n) is 13.0. The molecule has 0 aromatic carbocycles. The van der Waals surface area contributed by atoms with Crippen molar-refractivity contribution >= 4 is 5.97 Å². The molecule has 1 atom stereocenters. The van der Waals surface area contributed by atoms with Crippen molar-refractivity contribution < 1.29 is 14.6 Å². The van der Waals surface area contributed by atoms with Crippen molar-refractivity contribution in [1.29, 1.82) is 0 Å². The van der Waals surface area contributed by atoms with Gasteiger partial charge in [0, 0.05) is 26.3 Å². The predicted molar refractivity (Wildman–Crippen MR) is 77.5 cm³/mol. The lowest BCUT2D eigenvalue weighted by Gasteiger charge is -2.29. The van der Waals surface area contributed by atoms with Gasteiger partial charge in [-0.2, -0.15) is 0 Å². The highest BCUT2D eigenvalue weighted by atomic mass is 16.5. The van der Waals surface area contributed by atoms with Gasteiger partial charge in [-0.15, -0.1) is 0 Å². The first kappa shape index (κ1) is 18.4. The molecule has 0 radical (unpaired) electrons. The van der Waals surface area contributed by atoms with Gasteiger partial charge in [0.2, 0.25) is 0 Å². The molecule has 0 rings (SSSR count). The van der Waals surface area contributed by atoms with Crippen LogP contribution in [0.2, 0.25) is 0 Å². The van der Waals surface area contributed by atoms with Crippen molar-refractivity contribution in [3.8, 4) is 0 Å². The number of carbonyl (C=O) groups is 1. The molecule has 0 aliphatic heterocycles. The maximum Gasteiger partial charge on any atom is 0.323 e. The third-order valence-electron chi connectivity index (χ3n) is 3.18. The Hall–Kier alpha value is -0.650. The van der Waals surface area contributed by atoms with Gasteiger partial charge < -0.3 is 14.7 Å². The Kier molecular flexibility index (Phi) is 8.97. The first-order valence-electron chi connectivity index (χ1n) is 7.00. The molecule has 114 valence electrons. The van der Waals surface area contributed by atoms with Crippen molar-refractivity contribution in [3.63, 3.8) is 0 Å². The lowest BCUT2D eigenvalue weighted by atomic mass is 9.94. The van der Waals surface area contributed by atoms with Crippen molar-refractivity contribution in [1.82, 2.24) is 10.2 Å². The maximum absolute atomic E-state index is 11.4. The van der Waals surface area contributed by atoms with E-state index in [1.165, 1.54) is 0 Å². The van der Waals surface area contributed by atoms with Crippen LogP contribution in [0.1, 0.15) is 40.0 Å². The summed E-state index contributed by atoms with van der Waals surface area (Å²) in [7, 11) is 3.76. The molecule has 0 amide bonds. The van der Waals surface area contributed by atoms with Crippen LogP contribution in [0, 0.1) is 0 Å². The number of ether oxygens (including phenoxy) is 1. The fourth-order valence-electron chi connectivity index (χ4n) is 2.17. The average Bonchev–Trinajstić information content (AvgIpc) is 2.28. The molecule has 5 heteroatoms. The van der Waals surface area contributed by atoms with Gasteiger partial charge in [-0.1, -0.05) is 0 Å². The van der Waals surface area contributed by atoms with Crippen molar-refractivity contribution in [2.24, 2.45) is 0 Å². The fraction of sp³-hybridized carbons (Fsp3) is 0.929. The van der Waals surface area contributed by atoms with Gasteiger partial charge in [-0.25, -0.2) is 0 Å². The molecule has 0 saturated heterocycles. The molecular formula is C14H30N2O3. The molecule has 0 bridgehead atoms. The van der Waals surface area contributed by atoms with Crippen LogP contribution in [-0.2, 0) is 9.53 Å². The minimum Gasteiger partial charge on any atom is -0.480 e. The molecule has 0 aromatic heterocycles. The van der Waals surface area contributed by atoms with E-state index in [0.29, 0.717) is 6.42 Å². The molecule has 0 saturated carbocycles. The summed E-state index contributed by atoms with van der Waals surface area (Å²) in [6.07, 6.45) is 2.51. The molecule has 2 N–H and O–H groups in total. The number of nitrogens with zero attached hydrogens (tertiary/aromatic N) is 1. The number of methoxy groups -OCH3 is 1. The van der Waals surface area contributed by atoms with E-state index in [4.69, 9.17) is 4.74 Å². The largest absolute Gasteiger partial charge is 0.480 e. The predicted octanol–water partition coefficient (Wildman–Crippen LogP) is 1.58. The quantitative estimate of drug-likeness (QED) is 0.560. The van der Waals surface area contributed by atoms with Crippen LogP contribution in [0.4, 0.5) is 0 Å². The highest BCUT2D eigenvalue weighted by Crippen LogP contribution is 2.14. The van der Waals surface area contributed by atoms with Gasteiger partial charge in [-0.05, 0) is 53.6 Å². The molecule has 0 aliphatic rings. The van der Waals surface area contributed by atoms with Crippen LogP contribution in [0.3, 0.4) is 0 Å². The summed E-state index contributed by atoms with van der Waals surface area (Å²) < 4.78 is 5.01. The number of carboxylic acids is 1. The summed E-state index contributed by atoms with van der Waals surface area (Å²) in [6.45, 7) is 8.37. The van der Waals surface area contributed by atoms with E-state index in [1.807, 2.05) is 13.8 Å². The highest BCUT2D eigenvalue weighted by molar-refractivity contribution is 5.78. The zero-order chi connectivity index (χ0) is 14.9. The second kappa shape index (κ2) is 9.28. The van der Waals surface area contributed by atoms with E-state index < -0.39 is 11.5 Å². The Morgan fingerprint density at radius 1 is 1.37 bits per heavy atom. The van der Waals surface area contributed by atoms with Crippen LogP contribution < -0.4 is 5.32 Å². The van der Waals surface area contributed by atoms with Gasteiger partial charge in [0.15, 0.2) is 0 Å². The Balaban J connectivity index is 4.02. The van der Waals surface area contributed by atoms with Gasteiger partial charge in [0.25, 0.3) is 0 Å². The Labute approximate surface area is 117 Å². The number of nitrogens with one attached hydrogen (secondary N) is 1. The van der Waals surface area contributed by atoms with E-state index in [9.17, 15) is 9.90 Å². The number of aliphatic carboxylic acids is 1. The molecule has 0 fully saturated rings. The number of hydrogen-bond donors (Lipinski definition) is 2. The fourth-order valence-corrected chi connectivity index (χ4v) is 2.17. The summed E-state index contributed by atoms with van der Waals surface area (Å²) in [4.78, 5) is 13.6. The lowest BCUT2D eigenvalue weighted by molar-refractivity contribution is -0.144. The standard InChI is InChI=1S/C14H30N2O3/c1-12(2)15-14(3,13(17)18)8-6-9-16(4)10-7-11-19-5/h12,15H,6-11H2,1-5H3,(H,17,18). The first-order valence-corrected chi connectivity index (χ1v) is 7.00. The summed E-state index contributed by atoms with van der Waals surface area (Å²) in [5.74, 6) is -0.775. The zero-order valence-corrected chi connectivity index (χ0v) is 13.0. The Morgan fingerprint density at radius 2 is 1.95 bits per heavy atom. The lowest BCUT2D eigenvalue weighted by Crippen LogP contribution is -2.52. The van der Waals surface area contributed by atoms with Gasteiger partial charge in [0.05, 0.1) is 0 Å². The van der Waals surface area contributed by atoms with Crippen LogP contribution in [-0.4, -0.2) is 61.4 Å². The summed E-state index contributed by atoms with van der Waals surface area (Å²) >= 11 is 0. The van der Waals surface area contributed by atoms with E-state index in [1.54, 1.807) is 14.0 Å². The summed E-state index contributed by atoms with van der Waals surface area (Å²) in [6, 6.07) is 0.167. The normalized spacial score (nSPS) is 14.9. The molecule has 0 heterocycles. The van der Waals surface area contributed by atoms with Crippen LogP contribution in [0.25, 0.3) is 0 Å². The second-order valence-electron chi connectivity index (χ2n) is 5.69. The van der Waals surface area contributed by atoms with E-state index in [2.05, 4.69) is 17.3 Å². The molecule has 1 unspecified atom stereocenters. The number of carboxylic acid groups (broad SMARTS) is 1. The molecular weight excluding hydrogens is 244 g/mol. The SMILES string of the molecule is COCCCN(C)CCCC(C)(NC(C)C)C(=O)O. The van der Waals surface area contributed by atoms with E-state index in [-0.39, 0.29) is 6.04 Å². The first-order chi connectivity index (χ1) is 8.81. The highest BCUT2D eigenvalue weighted by Gasteiger charge is 2.32. The van der Waals surface area contributed by atoms with Crippen molar-refractivity contribution in [3.05, 3.63) is 0 Å². The third kappa shape index (κ3) is 8.18. The average molecular weight is 274 g/mol. The van der Waals surface area contributed by atoms with Gasteiger partial charge >= 0.3 is 5.97 Å². The summed E-state index contributed by atoms with van der Waals surface area (Å²) in [5.41, 5.74) is -0.832.